The summed E-state index contributed by atoms with van der Waals surface area (Å²) in [6, 6.07) is 39.1. The minimum Gasteiger partial charge on any atom is -0.0622 e. The first-order valence-corrected chi connectivity index (χ1v) is 14.8. The number of benzene rings is 8. The van der Waals surface area contributed by atoms with Gasteiger partial charge in [-0.05, 0) is 106 Å². The molecule has 0 heterocycles. The molecule has 0 aliphatic heterocycles. The van der Waals surface area contributed by atoms with E-state index in [0.717, 1.165) is 43.4 Å². The maximum absolute atomic E-state index is 8.98. The van der Waals surface area contributed by atoms with Crippen LogP contribution in [0.1, 0.15) is 31.8 Å². The average molecular weight is 552 g/mol. The van der Waals surface area contributed by atoms with Gasteiger partial charge in [0, 0.05) is 5.41 Å². The summed E-state index contributed by atoms with van der Waals surface area (Å²) in [7, 11) is 0. The average Bonchev–Trinajstić information content (AvgIpc) is 3.33. The summed E-state index contributed by atoms with van der Waals surface area (Å²) < 4.78 is 43.2. The predicted molar refractivity (Wildman–Crippen MR) is 185 cm³/mol. The first-order chi connectivity index (χ1) is 23.2. The number of rotatable bonds is 2. The smallest absolute Gasteiger partial charge is 0.0622 e. The topological polar surface area (TPSA) is 0 Å². The molecule has 0 radical (unpaired) electrons. The van der Waals surface area contributed by atoms with Crippen molar-refractivity contribution in [2.45, 2.75) is 19.3 Å². The zero-order valence-electron chi connectivity index (χ0n) is 29.0. The molecular formula is C43H30. The Morgan fingerprint density at radius 1 is 0.465 bits per heavy atom. The van der Waals surface area contributed by atoms with Gasteiger partial charge in [-0.2, -0.15) is 0 Å². The van der Waals surface area contributed by atoms with Gasteiger partial charge in [0.2, 0.25) is 0 Å². The Labute approximate surface area is 258 Å². The van der Waals surface area contributed by atoms with Crippen LogP contribution in [-0.2, 0) is 5.41 Å². The van der Waals surface area contributed by atoms with Gasteiger partial charge in [-0.15, -0.1) is 0 Å². The lowest BCUT2D eigenvalue weighted by atomic mass is 9.79. The van der Waals surface area contributed by atoms with Crippen molar-refractivity contribution in [3.63, 3.8) is 0 Å². The van der Waals surface area contributed by atoms with Gasteiger partial charge in [0.1, 0.15) is 0 Å². The Hall–Kier alpha value is -5.20. The van der Waals surface area contributed by atoms with Crippen LogP contribution in [0.2, 0.25) is 0 Å². The molecule has 0 unspecified atom stereocenters. The summed E-state index contributed by atoms with van der Waals surface area (Å²) in [5.41, 5.74) is 7.95. The maximum Gasteiger partial charge on any atom is 0.0629 e. The number of fused-ring (bicyclic) bond motifs is 8. The molecule has 43 heavy (non-hydrogen) atoms. The molecule has 0 spiro atoms. The largest absolute Gasteiger partial charge is 0.0629 e. The van der Waals surface area contributed by atoms with Crippen LogP contribution in [0.3, 0.4) is 0 Å². The van der Waals surface area contributed by atoms with Gasteiger partial charge in [-0.1, -0.05) is 141 Å². The highest BCUT2D eigenvalue weighted by atomic mass is 14.4. The molecule has 0 fully saturated rings. The third kappa shape index (κ3) is 3.44. The molecule has 0 heteroatoms. The van der Waals surface area contributed by atoms with Gasteiger partial charge >= 0.3 is 0 Å². The van der Waals surface area contributed by atoms with Crippen LogP contribution < -0.4 is 0 Å². The van der Waals surface area contributed by atoms with E-state index in [1.165, 1.54) is 33.0 Å². The second-order valence-electron chi connectivity index (χ2n) is 12.1. The molecule has 1 aliphatic carbocycles. The lowest BCUT2D eigenvalue weighted by Gasteiger charge is -2.23. The van der Waals surface area contributed by atoms with E-state index >= 15 is 0 Å². The molecule has 9 rings (SSSR count). The minimum absolute atomic E-state index is 0.196. The van der Waals surface area contributed by atoms with Gasteiger partial charge in [0.15, 0.2) is 0 Å². The molecule has 0 aromatic heterocycles. The van der Waals surface area contributed by atoms with E-state index in [2.05, 4.69) is 98.8 Å². The van der Waals surface area contributed by atoms with Crippen molar-refractivity contribution in [1.82, 2.24) is 0 Å². The molecule has 0 amide bonds. The molecule has 0 nitrogen and oxygen atoms in total. The highest BCUT2D eigenvalue weighted by Gasteiger charge is 2.36. The molecular weight excluding hydrogens is 516 g/mol. The Kier molecular flexibility index (Phi) is 4.11. The normalized spacial score (nSPS) is 15.2. The lowest BCUT2D eigenvalue weighted by molar-refractivity contribution is 0.661. The van der Waals surface area contributed by atoms with E-state index < -0.39 is 0 Å². The van der Waals surface area contributed by atoms with Crippen molar-refractivity contribution in [3.8, 4) is 33.4 Å². The predicted octanol–water partition coefficient (Wildman–Crippen LogP) is 11.9. The van der Waals surface area contributed by atoms with Crippen molar-refractivity contribution >= 4 is 43.1 Å². The Morgan fingerprint density at radius 3 is 1.86 bits per heavy atom. The van der Waals surface area contributed by atoms with Gasteiger partial charge in [-0.3, -0.25) is 0 Å². The first-order valence-electron chi connectivity index (χ1n) is 17.3. The van der Waals surface area contributed by atoms with Crippen LogP contribution >= 0.6 is 0 Å². The highest BCUT2D eigenvalue weighted by molar-refractivity contribution is 6.28. The van der Waals surface area contributed by atoms with E-state index in [9.17, 15) is 0 Å². The summed E-state index contributed by atoms with van der Waals surface area (Å²) in [6.07, 6.45) is 0. The van der Waals surface area contributed by atoms with Crippen LogP contribution in [0.15, 0.2) is 145 Å². The Balaban J connectivity index is 1.42. The minimum atomic E-state index is -0.390. The third-order valence-corrected chi connectivity index (χ3v) is 9.50. The van der Waals surface area contributed by atoms with Crippen molar-refractivity contribution in [1.29, 1.82) is 0 Å². The SMILES string of the molecule is [2H]c1c([2H])c([2H])c(-c2c3ccccc3c(-c3ccc4c(c3)C(C)(C)c3cc5ccccc5cc3-4)c3c2ccc2ccccc23)c([2H])c1[2H]. The quantitative estimate of drug-likeness (QED) is 0.148. The van der Waals surface area contributed by atoms with Crippen molar-refractivity contribution < 1.29 is 6.85 Å². The van der Waals surface area contributed by atoms with Crippen LogP contribution in [0, 0.1) is 0 Å². The van der Waals surface area contributed by atoms with Gasteiger partial charge in [0.25, 0.3) is 0 Å². The second-order valence-corrected chi connectivity index (χ2v) is 12.1. The lowest BCUT2D eigenvalue weighted by Crippen LogP contribution is -2.15. The Morgan fingerprint density at radius 2 is 1.09 bits per heavy atom. The van der Waals surface area contributed by atoms with Crippen molar-refractivity contribution in [3.05, 3.63) is 157 Å². The Bertz CT molecular complexity index is 2670. The van der Waals surface area contributed by atoms with Crippen LogP contribution in [-0.4, -0.2) is 0 Å². The fourth-order valence-electron chi connectivity index (χ4n) is 7.47. The van der Waals surface area contributed by atoms with E-state index in [1.807, 2.05) is 30.3 Å². The van der Waals surface area contributed by atoms with E-state index in [0.29, 0.717) is 5.56 Å². The van der Waals surface area contributed by atoms with Gasteiger partial charge in [0.05, 0.1) is 6.85 Å². The zero-order valence-corrected chi connectivity index (χ0v) is 24.0. The summed E-state index contributed by atoms with van der Waals surface area (Å²) in [5.74, 6) is 0. The highest BCUT2D eigenvalue weighted by Crippen LogP contribution is 2.52. The van der Waals surface area contributed by atoms with Gasteiger partial charge < -0.3 is 0 Å². The van der Waals surface area contributed by atoms with Crippen LogP contribution in [0.25, 0.3) is 76.5 Å². The molecule has 0 atom stereocenters. The molecule has 202 valence electrons. The van der Waals surface area contributed by atoms with E-state index in [4.69, 9.17) is 6.85 Å². The molecule has 8 aromatic carbocycles. The summed E-state index contributed by atoms with van der Waals surface area (Å²) in [5, 5.41) is 8.29. The maximum atomic E-state index is 8.98. The van der Waals surface area contributed by atoms with Crippen LogP contribution in [0.5, 0.6) is 0 Å². The fourth-order valence-corrected chi connectivity index (χ4v) is 7.47. The fraction of sp³-hybridized carbons (Fsp3) is 0.0698. The standard InChI is InChI=1S/C43H30/c1-43(2)38-26-31(21-22-33(38)37-24-29-15-6-7-16-30(29)25-39(37)43)41-35-19-11-10-18-34(35)40(28-13-4-3-5-14-28)36-23-20-27-12-8-9-17-32(27)42(36)41/h3-26H,1-2H3/i3D,4D,5D,13D,14D. The third-order valence-electron chi connectivity index (χ3n) is 9.50. The summed E-state index contributed by atoms with van der Waals surface area (Å²) in [6.45, 7) is 4.62. The van der Waals surface area contributed by atoms with Crippen molar-refractivity contribution in [2.75, 3.05) is 0 Å². The molecule has 0 saturated carbocycles. The molecule has 1 aliphatic rings. The summed E-state index contributed by atoms with van der Waals surface area (Å²) in [4.78, 5) is 0. The van der Waals surface area contributed by atoms with Gasteiger partial charge in [-0.25, -0.2) is 0 Å². The summed E-state index contributed by atoms with van der Waals surface area (Å²) >= 11 is 0. The molecule has 8 aromatic rings. The second kappa shape index (κ2) is 8.90. The monoisotopic (exact) mass is 551 g/mol. The van der Waals surface area contributed by atoms with E-state index in [1.54, 1.807) is 0 Å². The van der Waals surface area contributed by atoms with Crippen LogP contribution in [0.4, 0.5) is 0 Å². The van der Waals surface area contributed by atoms with Crippen molar-refractivity contribution in [2.24, 2.45) is 0 Å². The molecule has 0 bridgehead atoms. The zero-order chi connectivity index (χ0) is 33.1. The number of hydrogen-bond acceptors (Lipinski definition) is 0. The molecule has 0 saturated heterocycles. The number of hydrogen-bond donors (Lipinski definition) is 0. The first kappa shape index (κ1) is 19.8. The van der Waals surface area contributed by atoms with E-state index in [-0.39, 0.29) is 41.2 Å². The molecule has 0 N–H and O–H groups in total.